The van der Waals surface area contributed by atoms with Crippen molar-refractivity contribution in [2.24, 2.45) is 0 Å². The Morgan fingerprint density at radius 2 is 1.55 bits per heavy atom. The highest BCUT2D eigenvalue weighted by molar-refractivity contribution is 7.99. The first-order valence-corrected chi connectivity index (χ1v) is 8.01. The molecule has 2 aromatic rings. The number of rotatable bonds is 3. The maximum atomic E-state index is 11.6. The quantitative estimate of drug-likeness (QED) is 0.669. The number of amides is 1. The van der Waals surface area contributed by atoms with Gasteiger partial charge in [0.15, 0.2) is 5.11 Å². The van der Waals surface area contributed by atoms with E-state index in [4.69, 9.17) is 12.2 Å². The molecule has 5 heteroatoms. The predicted molar refractivity (Wildman–Crippen MR) is 93.6 cm³/mol. The Labute approximate surface area is 138 Å². The zero-order chi connectivity index (χ0) is 15.5. The molecule has 22 heavy (non-hydrogen) atoms. The van der Waals surface area contributed by atoms with Crippen LogP contribution in [0.2, 0.25) is 0 Å². The summed E-state index contributed by atoms with van der Waals surface area (Å²) in [5, 5.41) is 5.73. The lowest BCUT2D eigenvalue weighted by molar-refractivity contribution is -0.115. The lowest BCUT2D eigenvalue weighted by Crippen LogP contribution is -2.21. The second-order valence-corrected chi connectivity index (χ2v) is 6.51. The fourth-order valence-corrected chi connectivity index (χ4v) is 3.04. The molecule has 0 spiro atoms. The van der Waals surface area contributed by atoms with Gasteiger partial charge < -0.3 is 5.32 Å². The first-order valence-electron chi connectivity index (χ1n) is 6.79. The molecule has 0 saturated carbocycles. The van der Waals surface area contributed by atoms with Gasteiger partial charge in [0.2, 0.25) is 0 Å². The van der Waals surface area contributed by atoms with Crippen LogP contribution in [0.5, 0.6) is 0 Å². The summed E-state index contributed by atoms with van der Waals surface area (Å²) < 4.78 is 0. The van der Waals surface area contributed by atoms with E-state index in [-0.39, 0.29) is 5.91 Å². The van der Waals surface area contributed by atoms with Crippen molar-refractivity contribution in [1.82, 2.24) is 10.6 Å². The van der Waals surface area contributed by atoms with E-state index in [0.717, 1.165) is 10.5 Å². The van der Waals surface area contributed by atoms with Gasteiger partial charge in [-0.2, -0.15) is 0 Å². The zero-order valence-electron chi connectivity index (χ0n) is 11.9. The van der Waals surface area contributed by atoms with Crippen LogP contribution in [0.15, 0.2) is 64.0 Å². The minimum absolute atomic E-state index is 0.192. The zero-order valence-corrected chi connectivity index (χ0v) is 13.6. The molecular formula is C17H14N2OS2. The lowest BCUT2D eigenvalue weighted by Gasteiger charge is -2.03. The van der Waals surface area contributed by atoms with E-state index in [1.165, 1.54) is 10.5 Å². The number of carbonyl (C=O) groups excluding carboxylic acids is 1. The van der Waals surface area contributed by atoms with Crippen LogP contribution < -0.4 is 10.6 Å². The Morgan fingerprint density at radius 1 is 0.955 bits per heavy atom. The van der Waals surface area contributed by atoms with E-state index < -0.39 is 0 Å². The molecule has 3 rings (SSSR count). The van der Waals surface area contributed by atoms with E-state index >= 15 is 0 Å². The summed E-state index contributed by atoms with van der Waals surface area (Å²) in [5.74, 6) is -0.192. The maximum Gasteiger partial charge on any atom is 0.273 e. The van der Waals surface area contributed by atoms with Gasteiger partial charge in [0, 0.05) is 9.79 Å². The Hall–Kier alpha value is -2.11. The fourth-order valence-electron chi connectivity index (χ4n) is 2.02. The van der Waals surface area contributed by atoms with Gasteiger partial charge in [0.25, 0.3) is 5.91 Å². The van der Waals surface area contributed by atoms with Crippen molar-refractivity contribution < 1.29 is 4.79 Å². The molecule has 0 atom stereocenters. The predicted octanol–water partition coefficient (Wildman–Crippen LogP) is 3.49. The van der Waals surface area contributed by atoms with Crippen molar-refractivity contribution >= 4 is 41.1 Å². The normalized spacial score (nSPS) is 15.8. The Bertz CT molecular complexity index is 749. The van der Waals surface area contributed by atoms with Gasteiger partial charge >= 0.3 is 0 Å². The van der Waals surface area contributed by atoms with Crippen molar-refractivity contribution in [1.29, 1.82) is 0 Å². The third-order valence-electron chi connectivity index (χ3n) is 3.17. The second kappa shape index (κ2) is 6.34. The summed E-state index contributed by atoms with van der Waals surface area (Å²) in [7, 11) is 0. The topological polar surface area (TPSA) is 41.1 Å². The lowest BCUT2D eigenvalue weighted by atomic mass is 10.2. The second-order valence-electron chi connectivity index (χ2n) is 4.95. The SMILES string of the molecule is Cc1ccc(Sc2ccc(/C=C3/NC(=S)NC3=O)cc2)cc1. The number of aryl methyl sites for hydroxylation is 1. The standard InChI is InChI=1S/C17H14N2OS2/c1-11-2-6-13(7-3-11)22-14-8-4-12(5-9-14)10-15-16(20)19-17(21)18-15/h2-10H,1H3,(H2,18,19,20,21)/b15-10+. The van der Waals surface area contributed by atoms with Crippen LogP contribution in [0.4, 0.5) is 0 Å². The Balaban J connectivity index is 1.73. The van der Waals surface area contributed by atoms with Crippen molar-refractivity contribution in [2.45, 2.75) is 16.7 Å². The molecule has 2 N–H and O–H groups in total. The number of hydrogen-bond acceptors (Lipinski definition) is 3. The molecule has 0 bridgehead atoms. The molecule has 0 radical (unpaired) electrons. The molecule has 1 fully saturated rings. The van der Waals surface area contributed by atoms with Gasteiger partial charge in [0.1, 0.15) is 5.70 Å². The average molecular weight is 326 g/mol. The summed E-state index contributed by atoms with van der Waals surface area (Å²) >= 11 is 6.62. The third-order valence-corrected chi connectivity index (χ3v) is 4.39. The summed E-state index contributed by atoms with van der Waals surface area (Å²) in [6.45, 7) is 2.08. The van der Waals surface area contributed by atoms with Crippen molar-refractivity contribution in [3.05, 3.63) is 65.4 Å². The van der Waals surface area contributed by atoms with Crippen molar-refractivity contribution in [3.63, 3.8) is 0 Å². The summed E-state index contributed by atoms with van der Waals surface area (Å²) in [6.07, 6.45) is 1.79. The van der Waals surface area contributed by atoms with Crippen LogP contribution in [-0.4, -0.2) is 11.0 Å². The van der Waals surface area contributed by atoms with Gasteiger partial charge in [-0.25, -0.2) is 0 Å². The van der Waals surface area contributed by atoms with E-state index in [9.17, 15) is 4.79 Å². The molecule has 1 saturated heterocycles. The summed E-state index contributed by atoms with van der Waals surface area (Å²) in [5.41, 5.74) is 2.69. The van der Waals surface area contributed by atoms with Crippen LogP contribution in [0.3, 0.4) is 0 Å². The van der Waals surface area contributed by atoms with Crippen molar-refractivity contribution in [2.75, 3.05) is 0 Å². The van der Waals surface area contributed by atoms with E-state index in [1.807, 2.05) is 24.3 Å². The Morgan fingerprint density at radius 3 is 2.09 bits per heavy atom. The van der Waals surface area contributed by atoms with Crippen LogP contribution >= 0.6 is 24.0 Å². The maximum absolute atomic E-state index is 11.6. The first-order chi connectivity index (χ1) is 10.6. The molecule has 2 aromatic carbocycles. The van der Waals surface area contributed by atoms with Gasteiger partial charge in [-0.15, -0.1) is 0 Å². The molecule has 3 nitrogen and oxygen atoms in total. The molecule has 110 valence electrons. The average Bonchev–Trinajstić information content (AvgIpc) is 2.81. The number of hydrogen-bond donors (Lipinski definition) is 2. The highest BCUT2D eigenvalue weighted by Crippen LogP contribution is 2.28. The highest BCUT2D eigenvalue weighted by Gasteiger charge is 2.19. The molecule has 0 unspecified atom stereocenters. The Kier molecular flexibility index (Phi) is 4.27. The number of benzene rings is 2. The number of nitrogens with one attached hydrogen (secondary N) is 2. The minimum atomic E-state index is -0.192. The van der Waals surface area contributed by atoms with Crippen LogP contribution in [0.25, 0.3) is 6.08 Å². The van der Waals surface area contributed by atoms with E-state index in [2.05, 4.69) is 41.8 Å². The van der Waals surface area contributed by atoms with Gasteiger partial charge in [0.05, 0.1) is 0 Å². The van der Waals surface area contributed by atoms with E-state index in [0.29, 0.717) is 10.8 Å². The number of carbonyl (C=O) groups is 1. The largest absolute Gasteiger partial charge is 0.328 e. The summed E-state index contributed by atoms with van der Waals surface area (Å²) in [6, 6.07) is 16.5. The molecular weight excluding hydrogens is 312 g/mol. The molecule has 0 aliphatic carbocycles. The third kappa shape index (κ3) is 3.55. The van der Waals surface area contributed by atoms with Crippen molar-refractivity contribution in [3.8, 4) is 0 Å². The van der Waals surface area contributed by atoms with Crippen LogP contribution in [0.1, 0.15) is 11.1 Å². The monoisotopic (exact) mass is 326 g/mol. The molecule has 1 amide bonds. The fraction of sp³-hybridized carbons (Fsp3) is 0.0588. The number of thiocarbonyl (C=S) groups is 1. The molecule has 1 heterocycles. The smallest absolute Gasteiger partial charge is 0.273 e. The van der Waals surface area contributed by atoms with Gasteiger partial charge in [-0.3, -0.25) is 10.1 Å². The summed E-state index contributed by atoms with van der Waals surface area (Å²) in [4.78, 5) is 14.0. The van der Waals surface area contributed by atoms with Crippen LogP contribution in [0, 0.1) is 6.92 Å². The first kappa shape index (κ1) is 14.8. The highest BCUT2D eigenvalue weighted by atomic mass is 32.2. The van der Waals surface area contributed by atoms with E-state index in [1.54, 1.807) is 17.8 Å². The molecule has 1 aliphatic heterocycles. The van der Waals surface area contributed by atoms with Gasteiger partial charge in [-0.05, 0) is 55.0 Å². The van der Waals surface area contributed by atoms with Crippen LogP contribution in [-0.2, 0) is 4.79 Å². The minimum Gasteiger partial charge on any atom is -0.328 e. The van der Waals surface area contributed by atoms with Gasteiger partial charge in [-0.1, -0.05) is 41.6 Å². The molecule has 0 aromatic heterocycles. The molecule has 1 aliphatic rings.